The maximum atomic E-state index is 12.5. The van der Waals surface area contributed by atoms with Gasteiger partial charge in [-0.25, -0.2) is 0 Å². The lowest BCUT2D eigenvalue weighted by atomic mass is 9.79. The van der Waals surface area contributed by atoms with Crippen LogP contribution in [0.3, 0.4) is 0 Å². The number of ether oxygens (including phenoxy) is 1. The molecule has 1 aliphatic carbocycles. The number of carboxylic acids is 1. The smallest absolute Gasteiger partial charge is 0.310 e. The SMILES string of the molecule is CCCCCCC(CCCC)OC(=O)C1CCCCC1C(=O)O. The topological polar surface area (TPSA) is 63.6 Å². The van der Waals surface area contributed by atoms with Crippen LogP contribution < -0.4 is 0 Å². The molecule has 4 heteroatoms. The van der Waals surface area contributed by atoms with Crippen molar-refractivity contribution in [2.75, 3.05) is 0 Å². The summed E-state index contributed by atoms with van der Waals surface area (Å²) in [5.41, 5.74) is 0. The van der Waals surface area contributed by atoms with Crippen molar-refractivity contribution in [2.45, 2.75) is 97.0 Å². The fourth-order valence-electron chi connectivity index (χ4n) is 3.45. The van der Waals surface area contributed by atoms with E-state index in [1.165, 1.54) is 19.3 Å². The van der Waals surface area contributed by atoms with Crippen LogP contribution in [0.4, 0.5) is 0 Å². The molecule has 1 N–H and O–H groups in total. The molecule has 3 atom stereocenters. The molecule has 0 aromatic carbocycles. The Labute approximate surface area is 141 Å². The summed E-state index contributed by atoms with van der Waals surface area (Å²) in [6.45, 7) is 4.32. The zero-order valence-electron chi connectivity index (χ0n) is 14.9. The molecule has 0 spiro atoms. The van der Waals surface area contributed by atoms with Gasteiger partial charge >= 0.3 is 11.9 Å². The highest BCUT2D eigenvalue weighted by Gasteiger charge is 2.37. The molecule has 0 aliphatic heterocycles. The highest BCUT2D eigenvalue weighted by atomic mass is 16.5. The van der Waals surface area contributed by atoms with Gasteiger partial charge in [0.25, 0.3) is 0 Å². The van der Waals surface area contributed by atoms with Crippen LogP contribution in [-0.2, 0) is 14.3 Å². The third-order valence-electron chi connectivity index (χ3n) is 4.93. The molecular formula is C19H34O4. The van der Waals surface area contributed by atoms with Gasteiger partial charge in [0, 0.05) is 0 Å². The normalized spacial score (nSPS) is 22.5. The van der Waals surface area contributed by atoms with Gasteiger partial charge < -0.3 is 9.84 Å². The van der Waals surface area contributed by atoms with E-state index < -0.39 is 17.8 Å². The summed E-state index contributed by atoms with van der Waals surface area (Å²) in [7, 11) is 0. The summed E-state index contributed by atoms with van der Waals surface area (Å²) in [6, 6.07) is 0. The first-order chi connectivity index (χ1) is 11.1. The number of hydrogen-bond acceptors (Lipinski definition) is 3. The second-order valence-corrected chi connectivity index (χ2v) is 6.89. The molecule has 1 aliphatic rings. The monoisotopic (exact) mass is 326 g/mol. The average molecular weight is 326 g/mol. The molecule has 0 aromatic rings. The van der Waals surface area contributed by atoms with E-state index >= 15 is 0 Å². The fourth-order valence-corrected chi connectivity index (χ4v) is 3.45. The Bertz CT molecular complexity index is 353. The lowest BCUT2D eigenvalue weighted by Gasteiger charge is -2.28. The molecule has 0 saturated heterocycles. The van der Waals surface area contributed by atoms with Gasteiger partial charge in [0.1, 0.15) is 6.10 Å². The predicted molar refractivity (Wildman–Crippen MR) is 91.2 cm³/mol. The summed E-state index contributed by atoms with van der Waals surface area (Å²) in [5.74, 6) is -2.11. The zero-order chi connectivity index (χ0) is 17.1. The molecule has 134 valence electrons. The van der Waals surface area contributed by atoms with Crippen molar-refractivity contribution in [3.8, 4) is 0 Å². The molecule has 1 rings (SSSR count). The van der Waals surface area contributed by atoms with Crippen LogP contribution in [0, 0.1) is 11.8 Å². The number of aliphatic carboxylic acids is 1. The fraction of sp³-hybridized carbons (Fsp3) is 0.895. The average Bonchev–Trinajstić information content (AvgIpc) is 2.56. The van der Waals surface area contributed by atoms with Gasteiger partial charge in [0.05, 0.1) is 11.8 Å². The van der Waals surface area contributed by atoms with Gasteiger partial charge in [-0.2, -0.15) is 0 Å². The van der Waals surface area contributed by atoms with Gasteiger partial charge in [-0.15, -0.1) is 0 Å². The van der Waals surface area contributed by atoms with Crippen LogP contribution in [0.25, 0.3) is 0 Å². The molecule has 0 heterocycles. The van der Waals surface area contributed by atoms with Gasteiger partial charge in [-0.1, -0.05) is 58.8 Å². The van der Waals surface area contributed by atoms with E-state index in [1.54, 1.807) is 0 Å². The van der Waals surface area contributed by atoms with Crippen LogP contribution in [0.2, 0.25) is 0 Å². The molecule has 0 radical (unpaired) electrons. The minimum Gasteiger partial charge on any atom is -0.481 e. The molecule has 3 unspecified atom stereocenters. The summed E-state index contributed by atoms with van der Waals surface area (Å²) >= 11 is 0. The first-order valence-electron chi connectivity index (χ1n) is 9.53. The number of carboxylic acid groups (broad SMARTS) is 1. The van der Waals surface area contributed by atoms with Crippen molar-refractivity contribution < 1.29 is 19.4 Å². The molecule has 0 bridgehead atoms. The summed E-state index contributed by atoms with van der Waals surface area (Å²) in [4.78, 5) is 23.9. The van der Waals surface area contributed by atoms with E-state index in [0.717, 1.165) is 44.9 Å². The molecule has 23 heavy (non-hydrogen) atoms. The van der Waals surface area contributed by atoms with E-state index in [1.807, 2.05) is 0 Å². The van der Waals surface area contributed by atoms with Crippen LogP contribution in [-0.4, -0.2) is 23.1 Å². The van der Waals surface area contributed by atoms with Crippen LogP contribution in [0.1, 0.15) is 90.9 Å². The largest absolute Gasteiger partial charge is 0.481 e. The second kappa shape index (κ2) is 11.5. The summed E-state index contributed by atoms with van der Waals surface area (Å²) < 4.78 is 5.75. The molecular weight excluding hydrogens is 292 g/mol. The van der Waals surface area contributed by atoms with Gasteiger partial charge in [-0.3, -0.25) is 9.59 Å². The van der Waals surface area contributed by atoms with E-state index in [0.29, 0.717) is 12.8 Å². The maximum absolute atomic E-state index is 12.5. The van der Waals surface area contributed by atoms with E-state index in [-0.39, 0.29) is 12.1 Å². The quantitative estimate of drug-likeness (QED) is 0.431. The lowest BCUT2D eigenvalue weighted by Crippen LogP contribution is -2.35. The van der Waals surface area contributed by atoms with Gasteiger partial charge in [-0.05, 0) is 32.1 Å². The Morgan fingerprint density at radius 2 is 1.57 bits per heavy atom. The first kappa shape index (κ1) is 20.0. The van der Waals surface area contributed by atoms with Crippen molar-refractivity contribution in [3.05, 3.63) is 0 Å². The standard InChI is InChI=1S/C19H34O4/c1-3-5-7-8-12-15(11-6-4-2)23-19(22)17-14-10-9-13-16(17)18(20)21/h15-17H,3-14H2,1-2H3,(H,20,21). The number of carbonyl (C=O) groups excluding carboxylic acids is 1. The summed E-state index contributed by atoms with van der Waals surface area (Å²) in [5, 5.41) is 9.33. The third kappa shape index (κ3) is 7.36. The molecule has 0 amide bonds. The number of esters is 1. The Morgan fingerprint density at radius 1 is 0.957 bits per heavy atom. The van der Waals surface area contributed by atoms with Crippen LogP contribution in [0.5, 0.6) is 0 Å². The predicted octanol–water partition coefficient (Wildman–Crippen LogP) is 4.95. The van der Waals surface area contributed by atoms with E-state index in [9.17, 15) is 14.7 Å². The Hall–Kier alpha value is -1.06. The molecule has 1 saturated carbocycles. The zero-order valence-corrected chi connectivity index (χ0v) is 14.9. The van der Waals surface area contributed by atoms with Crippen molar-refractivity contribution in [2.24, 2.45) is 11.8 Å². The van der Waals surface area contributed by atoms with Crippen molar-refractivity contribution in [1.29, 1.82) is 0 Å². The number of hydrogen-bond donors (Lipinski definition) is 1. The molecule has 4 nitrogen and oxygen atoms in total. The Kier molecular flexibility index (Phi) is 9.97. The van der Waals surface area contributed by atoms with Crippen molar-refractivity contribution >= 4 is 11.9 Å². The second-order valence-electron chi connectivity index (χ2n) is 6.89. The highest BCUT2D eigenvalue weighted by Crippen LogP contribution is 2.32. The van der Waals surface area contributed by atoms with Crippen LogP contribution >= 0.6 is 0 Å². The van der Waals surface area contributed by atoms with E-state index in [2.05, 4.69) is 13.8 Å². The maximum Gasteiger partial charge on any atom is 0.310 e. The van der Waals surface area contributed by atoms with E-state index in [4.69, 9.17) is 4.74 Å². The first-order valence-corrected chi connectivity index (χ1v) is 9.53. The minimum absolute atomic E-state index is 0.0318. The van der Waals surface area contributed by atoms with Gasteiger partial charge in [0.2, 0.25) is 0 Å². The van der Waals surface area contributed by atoms with Gasteiger partial charge in [0.15, 0.2) is 0 Å². The molecule has 0 aromatic heterocycles. The van der Waals surface area contributed by atoms with Crippen LogP contribution in [0.15, 0.2) is 0 Å². The highest BCUT2D eigenvalue weighted by molar-refractivity contribution is 5.81. The number of unbranched alkanes of at least 4 members (excludes halogenated alkanes) is 4. The Morgan fingerprint density at radius 3 is 2.17 bits per heavy atom. The number of carbonyl (C=O) groups is 2. The summed E-state index contributed by atoms with van der Waals surface area (Å²) in [6.07, 6.45) is 11.7. The Balaban J connectivity index is 2.53. The third-order valence-corrected chi connectivity index (χ3v) is 4.93. The van der Waals surface area contributed by atoms with Crippen molar-refractivity contribution in [1.82, 2.24) is 0 Å². The number of rotatable bonds is 11. The van der Waals surface area contributed by atoms with Crippen molar-refractivity contribution in [3.63, 3.8) is 0 Å². The molecule has 1 fully saturated rings. The minimum atomic E-state index is -0.847. The lowest BCUT2D eigenvalue weighted by molar-refractivity contribution is -0.164.